The van der Waals surface area contributed by atoms with E-state index in [9.17, 15) is 9.59 Å². The number of nitrogens with two attached hydrogens (primary N) is 1. The molecule has 0 aromatic carbocycles. The lowest BCUT2D eigenvalue weighted by Gasteiger charge is -2.11. The third-order valence-corrected chi connectivity index (χ3v) is 3.03. The van der Waals surface area contributed by atoms with Gasteiger partial charge in [0.1, 0.15) is 5.56 Å². The summed E-state index contributed by atoms with van der Waals surface area (Å²) < 4.78 is 0. The SMILES string of the molecule is NC(=O)c1c(C2CCCC2)cc[nH]c1=O. The normalized spacial score (nSPS) is 16.8. The van der Waals surface area contributed by atoms with Gasteiger partial charge in [0.25, 0.3) is 11.5 Å². The first-order valence-corrected chi connectivity index (χ1v) is 5.21. The van der Waals surface area contributed by atoms with Crippen molar-refractivity contribution in [3.05, 3.63) is 33.7 Å². The quantitative estimate of drug-likeness (QED) is 0.761. The predicted octanol–water partition coefficient (Wildman–Crippen LogP) is 1.13. The Labute approximate surface area is 87.5 Å². The Balaban J connectivity index is 2.50. The van der Waals surface area contributed by atoms with E-state index in [0.29, 0.717) is 5.92 Å². The third-order valence-electron chi connectivity index (χ3n) is 3.03. The maximum absolute atomic E-state index is 11.5. The molecule has 1 aliphatic rings. The molecule has 1 aliphatic carbocycles. The van der Waals surface area contributed by atoms with Gasteiger partial charge in [0.2, 0.25) is 0 Å². The Morgan fingerprint density at radius 3 is 2.67 bits per heavy atom. The van der Waals surface area contributed by atoms with Crippen molar-refractivity contribution < 1.29 is 4.79 Å². The lowest BCUT2D eigenvalue weighted by molar-refractivity contribution is 0.0997. The van der Waals surface area contributed by atoms with Gasteiger partial charge in [-0.1, -0.05) is 12.8 Å². The molecule has 0 unspecified atom stereocenters. The minimum Gasteiger partial charge on any atom is -0.365 e. The van der Waals surface area contributed by atoms with Crippen molar-refractivity contribution in [3.63, 3.8) is 0 Å². The van der Waals surface area contributed by atoms with E-state index in [1.165, 1.54) is 0 Å². The van der Waals surface area contributed by atoms with Gasteiger partial charge in [0, 0.05) is 6.20 Å². The molecule has 1 aromatic rings. The molecule has 4 nitrogen and oxygen atoms in total. The van der Waals surface area contributed by atoms with Crippen molar-refractivity contribution in [2.75, 3.05) is 0 Å². The van der Waals surface area contributed by atoms with Crippen molar-refractivity contribution in [2.24, 2.45) is 5.73 Å². The maximum Gasteiger partial charge on any atom is 0.261 e. The van der Waals surface area contributed by atoms with E-state index in [0.717, 1.165) is 31.2 Å². The number of hydrogen-bond donors (Lipinski definition) is 2. The van der Waals surface area contributed by atoms with Crippen LogP contribution in [-0.2, 0) is 0 Å². The number of aromatic nitrogens is 1. The van der Waals surface area contributed by atoms with Crippen LogP contribution in [0.2, 0.25) is 0 Å². The molecule has 0 bridgehead atoms. The number of primary amides is 1. The zero-order valence-electron chi connectivity index (χ0n) is 8.45. The van der Waals surface area contributed by atoms with Gasteiger partial charge in [0.05, 0.1) is 0 Å². The highest BCUT2D eigenvalue weighted by Gasteiger charge is 2.23. The number of carbonyl (C=O) groups is 1. The van der Waals surface area contributed by atoms with Crippen LogP contribution in [0.25, 0.3) is 0 Å². The van der Waals surface area contributed by atoms with E-state index in [1.54, 1.807) is 12.3 Å². The van der Waals surface area contributed by atoms with Crippen molar-refractivity contribution in [3.8, 4) is 0 Å². The topological polar surface area (TPSA) is 76.0 Å². The van der Waals surface area contributed by atoms with E-state index < -0.39 is 5.91 Å². The van der Waals surface area contributed by atoms with Gasteiger partial charge in [-0.2, -0.15) is 0 Å². The van der Waals surface area contributed by atoms with E-state index in [1.807, 2.05) is 0 Å². The highest BCUT2D eigenvalue weighted by Crippen LogP contribution is 2.34. The van der Waals surface area contributed by atoms with Crippen molar-refractivity contribution in [1.29, 1.82) is 0 Å². The van der Waals surface area contributed by atoms with Crippen LogP contribution in [0.15, 0.2) is 17.1 Å². The number of nitrogens with one attached hydrogen (secondary N) is 1. The van der Waals surface area contributed by atoms with Crippen LogP contribution in [0.4, 0.5) is 0 Å². The number of amides is 1. The smallest absolute Gasteiger partial charge is 0.261 e. The summed E-state index contributed by atoms with van der Waals surface area (Å²) in [5.74, 6) is -0.298. The first-order valence-electron chi connectivity index (χ1n) is 5.21. The summed E-state index contributed by atoms with van der Waals surface area (Å²) in [6, 6.07) is 1.80. The minimum atomic E-state index is -0.626. The molecule has 0 radical (unpaired) electrons. The summed E-state index contributed by atoms with van der Waals surface area (Å²) in [6.45, 7) is 0. The largest absolute Gasteiger partial charge is 0.365 e. The second-order valence-electron chi connectivity index (χ2n) is 3.98. The molecule has 4 heteroatoms. The van der Waals surface area contributed by atoms with Crippen LogP contribution in [0, 0.1) is 0 Å². The molecular weight excluding hydrogens is 192 g/mol. The summed E-state index contributed by atoms with van der Waals surface area (Å²) in [5, 5.41) is 0. The van der Waals surface area contributed by atoms with E-state index >= 15 is 0 Å². The fourth-order valence-corrected chi connectivity index (χ4v) is 2.32. The van der Waals surface area contributed by atoms with Crippen molar-refractivity contribution in [1.82, 2.24) is 4.98 Å². The standard InChI is InChI=1S/C11H14N2O2/c12-10(14)9-8(5-6-13-11(9)15)7-3-1-2-4-7/h5-7H,1-4H2,(H2,12,14)(H,13,15). The molecule has 1 aromatic heterocycles. The molecule has 15 heavy (non-hydrogen) atoms. The maximum atomic E-state index is 11.5. The van der Waals surface area contributed by atoms with Crippen LogP contribution in [0.3, 0.4) is 0 Å². The molecule has 1 amide bonds. The van der Waals surface area contributed by atoms with Crippen LogP contribution in [0.5, 0.6) is 0 Å². The van der Waals surface area contributed by atoms with Gasteiger partial charge in [0.15, 0.2) is 0 Å². The monoisotopic (exact) mass is 206 g/mol. The first-order chi connectivity index (χ1) is 7.20. The number of H-pyrrole nitrogens is 1. The molecule has 1 fully saturated rings. The number of aromatic amines is 1. The lowest BCUT2D eigenvalue weighted by atomic mass is 9.94. The van der Waals surface area contributed by atoms with Gasteiger partial charge >= 0.3 is 0 Å². The second kappa shape index (κ2) is 3.88. The second-order valence-corrected chi connectivity index (χ2v) is 3.98. The molecule has 1 heterocycles. The molecular formula is C11H14N2O2. The van der Waals surface area contributed by atoms with E-state index in [4.69, 9.17) is 5.73 Å². The lowest BCUT2D eigenvalue weighted by Crippen LogP contribution is -2.26. The van der Waals surface area contributed by atoms with E-state index in [2.05, 4.69) is 4.98 Å². The number of pyridine rings is 1. The van der Waals surface area contributed by atoms with E-state index in [-0.39, 0.29) is 11.1 Å². The van der Waals surface area contributed by atoms with Gasteiger partial charge in [-0.25, -0.2) is 0 Å². The third kappa shape index (κ3) is 1.79. The van der Waals surface area contributed by atoms with Crippen LogP contribution in [0.1, 0.15) is 47.5 Å². The Hall–Kier alpha value is -1.58. The molecule has 0 saturated heterocycles. The fraction of sp³-hybridized carbons (Fsp3) is 0.455. The van der Waals surface area contributed by atoms with Crippen molar-refractivity contribution >= 4 is 5.91 Å². The minimum absolute atomic E-state index is 0.143. The number of hydrogen-bond acceptors (Lipinski definition) is 2. The van der Waals surface area contributed by atoms with Crippen LogP contribution in [-0.4, -0.2) is 10.9 Å². The average molecular weight is 206 g/mol. The Bertz CT molecular complexity index is 430. The Kier molecular flexibility index (Phi) is 2.58. The van der Waals surface area contributed by atoms with Crippen LogP contribution >= 0.6 is 0 Å². The van der Waals surface area contributed by atoms with Gasteiger partial charge in [-0.3, -0.25) is 9.59 Å². The predicted molar refractivity (Wildman–Crippen MR) is 56.8 cm³/mol. The molecule has 3 N–H and O–H groups in total. The zero-order valence-corrected chi connectivity index (χ0v) is 8.45. The van der Waals surface area contributed by atoms with Gasteiger partial charge in [-0.05, 0) is 30.4 Å². The summed E-state index contributed by atoms with van der Waals surface area (Å²) in [6.07, 6.45) is 6.00. The summed E-state index contributed by atoms with van der Waals surface area (Å²) in [5.41, 5.74) is 5.82. The van der Waals surface area contributed by atoms with Gasteiger partial charge in [-0.15, -0.1) is 0 Å². The Morgan fingerprint density at radius 2 is 2.07 bits per heavy atom. The molecule has 1 saturated carbocycles. The average Bonchev–Trinajstić information content (AvgIpc) is 2.69. The fourth-order valence-electron chi connectivity index (χ4n) is 2.32. The first kappa shape index (κ1) is 9.96. The summed E-state index contributed by atoms with van der Waals surface area (Å²) >= 11 is 0. The molecule has 2 rings (SSSR count). The van der Waals surface area contributed by atoms with Gasteiger partial charge < -0.3 is 10.7 Å². The number of rotatable bonds is 2. The highest BCUT2D eigenvalue weighted by atomic mass is 16.2. The highest BCUT2D eigenvalue weighted by molar-refractivity contribution is 5.94. The zero-order chi connectivity index (χ0) is 10.8. The summed E-state index contributed by atoms with van der Waals surface area (Å²) in [4.78, 5) is 25.2. The molecule has 80 valence electrons. The summed E-state index contributed by atoms with van der Waals surface area (Å²) in [7, 11) is 0. The Morgan fingerprint density at radius 1 is 1.40 bits per heavy atom. The van der Waals surface area contributed by atoms with Crippen LogP contribution < -0.4 is 11.3 Å². The molecule has 0 spiro atoms. The molecule has 0 atom stereocenters. The number of carbonyl (C=O) groups excluding carboxylic acids is 1. The van der Waals surface area contributed by atoms with Crippen molar-refractivity contribution in [2.45, 2.75) is 31.6 Å². The molecule has 0 aliphatic heterocycles.